The molecule has 2 nitrogen and oxygen atoms in total. The number of halogens is 2. The van der Waals surface area contributed by atoms with E-state index in [1.54, 1.807) is 12.1 Å². The first kappa shape index (κ1) is 12.7. The third-order valence-electron chi connectivity index (χ3n) is 2.74. The van der Waals surface area contributed by atoms with Crippen LogP contribution in [-0.2, 0) is 0 Å². The van der Waals surface area contributed by atoms with Crippen molar-refractivity contribution in [1.82, 2.24) is 0 Å². The SMILES string of the molecule is CC(Nc1ccc(N)cc1F)c1ccccc1Cl. The summed E-state index contributed by atoms with van der Waals surface area (Å²) in [5.74, 6) is -0.367. The largest absolute Gasteiger partial charge is 0.399 e. The second-order valence-electron chi connectivity index (χ2n) is 4.13. The molecule has 1 atom stereocenters. The molecule has 18 heavy (non-hydrogen) atoms. The van der Waals surface area contributed by atoms with Crippen LogP contribution in [0.2, 0.25) is 5.02 Å². The zero-order valence-corrected chi connectivity index (χ0v) is 10.7. The maximum atomic E-state index is 13.7. The molecule has 0 aromatic heterocycles. The molecule has 0 radical (unpaired) electrons. The summed E-state index contributed by atoms with van der Waals surface area (Å²) < 4.78 is 13.7. The molecule has 94 valence electrons. The van der Waals surface area contributed by atoms with E-state index in [2.05, 4.69) is 5.32 Å². The number of hydrogen-bond acceptors (Lipinski definition) is 2. The first-order chi connectivity index (χ1) is 8.58. The van der Waals surface area contributed by atoms with Gasteiger partial charge in [-0.3, -0.25) is 0 Å². The third-order valence-corrected chi connectivity index (χ3v) is 3.08. The minimum atomic E-state index is -0.367. The summed E-state index contributed by atoms with van der Waals surface area (Å²) >= 11 is 6.10. The summed E-state index contributed by atoms with van der Waals surface area (Å²) in [5, 5.41) is 3.74. The summed E-state index contributed by atoms with van der Waals surface area (Å²) in [4.78, 5) is 0. The van der Waals surface area contributed by atoms with Crippen LogP contribution in [0.15, 0.2) is 42.5 Å². The Morgan fingerprint density at radius 1 is 1.22 bits per heavy atom. The van der Waals surface area contributed by atoms with Gasteiger partial charge in [-0.2, -0.15) is 0 Å². The zero-order valence-electron chi connectivity index (χ0n) is 9.95. The van der Waals surface area contributed by atoms with Crippen molar-refractivity contribution in [3.05, 3.63) is 58.9 Å². The molecule has 4 heteroatoms. The molecule has 0 fully saturated rings. The van der Waals surface area contributed by atoms with Gasteiger partial charge in [0.05, 0.1) is 11.7 Å². The fourth-order valence-electron chi connectivity index (χ4n) is 1.79. The van der Waals surface area contributed by atoms with Gasteiger partial charge in [0.25, 0.3) is 0 Å². The fraction of sp³-hybridized carbons (Fsp3) is 0.143. The predicted octanol–water partition coefficient (Wildman–Crippen LogP) is 4.23. The Kier molecular flexibility index (Phi) is 3.72. The van der Waals surface area contributed by atoms with Gasteiger partial charge in [-0.15, -0.1) is 0 Å². The van der Waals surface area contributed by atoms with Gasteiger partial charge in [0.2, 0.25) is 0 Å². The topological polar surface area (TPSA) is 38.0 Å². The van der Waals surface area contributed by atoms with E-state index in [1.807, 2.05) is 31.2 Å². The molecule has 2 rings (SSSR count). The van der Waals surface area contributed by atoms with Gasteiger partial charge in [0, 0.05) is 10.7 Å². The molecule has 1 unspecified atom stereocenters. The van der Waals surface area contributed by atoms with Crippen molar-refractivity contribution in [3.8, 4) is 0 Å². The van der Waals surface area contributed by atoms with Crippen LogP contribution in [0.5, 0.6) is 0 Å². The van der Waals surface area contributed by atoms with E-state index in [9.17, 15) is 4.39 Å². The van der Waals surface area contributed by atoms with Gasteiger partial charge < -0.3 is 11.1 Å². The van der Waals surface area contributed by atoms with Crippen LogP contribution in [0.4, 0.5) is 15.8 Å². The van der Waals surface area contributed by atoms with Crippen molar-refractivity contribution in [2.24, 2.45) is 0 Å². The number of nitrogens with two attached hydrogens (primary N) is 1. The fourth-order valence-corrected chi connectivity index (χ4v) is 2.09. The molecule has 3 N–H and O–H groups in total. The van der Waals surface area contributed by atoms with Gasteiger partial charge in [0.1, 0.15) is 5.82 Å². The van der Waals surface area contributed by atoms with Crippen molar-refractivity contribution in [2.45, 2.75) is 13.0 Å². The van der Waals surface area contributed by atoms with Gasteiger partial charge in [-0.25, -0.2) is 4.39 Å². The molecular weight excluding hydrogens is 251 g/mol. The Bertz CT molecular complexity index is 557. The normalized spacial score (nSPS) is 12.2. The number of rotatable bonds is 3. The van der Waals surface area contributed by atoms with E-state index in [0.29, 0.717) is 16.4 Å². The van der Waals surface area contributed by atoms with E-state index in [-0.39, 0.29) is 11.9 Å². The Labute approximate surface area is 111 Å². The quantitative estimate of drug-likeness (QED) is 0.814. The number of nitrogen functional groups attached to an aromatic ring is 1. The predicted molar refractivity (Wildman–Crippen MR) is 74.3 cm³/mol. The molecular formula is C14H14ClFN2. The van der Waals surface area contributed by atoms with Gasteiger partial charge in [-0.05, 0) is 36.8 Å². The first-order valence-corrected chi connectivity index (χ1v) is 6.01. The molecule has 0 bridgehead atoms. The highest BCUT2D eigenvalue weighted by Crippen LogP contribution is 2.27. The lowest BCUT2D eigenvalue weighted by Gasteiger charge is -2.17. The maximum Gasteiger partial charge on any atom is 0.148 e. The second-order valence-corrected chi connectivity index (χ2v) is 4.53. The standard InChI is InChI=1S/C14H14ClFN2/c1-9(11-4-2-3-5-12(11)15)18-14-7-6-10(17)8-13(14)16/h2-9,18H,17H2,1H3. The van der Waals surface area contributed by atoms with Crippen LogP contribution in [0, 0.1) is 5.82 Å². The van der Waals surface area contributed by atoms with Crippen LogP contribution in [0.25, 0.3) is 0 Å². The highest BCUT2D eigenvalue weighted by atomic mass is 35.5. The summed E-state index contributed by atoms with van der Waals surface area (Å²) in [6.07, 6.45) is 0. The average molecular weight is 265 g/mol. The highest BCUT2D eigenvalue weighted by Gasteiger charge is 2.11. The lowest BCUT2D eigenvalue weighted by Crippen LogP contribution is -2.08. The summed E-state index contributed by atoms with van der Waals surface area (Å²) in [6, 6.07) is 12.0. The Balaban J connectivity index is 2.21. The summed E-state index contributed by atoms with van der Waals surface area (Å²) in [6.45, 7) is 1.93. The summed E-state index contributed by atoms with van der Waals surface area (Å²) in [5.41, 5.74) is 7.25. The number of anilines is 2. The molecule has 2 aromatic rings. The Hall–Kier alpha value is -1.74. The summed E-state index contributed by atoms with van der Waals surface area (Å²) in [7, 11) is 0. The van der Waals surface area contributed by atoms with Crippen LogP contribution in [0.3, 0.4) is 0 Å². The Morgan fingerprint density at radius 3 is 2.61 bits per heavy atom. The van der Waals surface area contributed by atoms with Crippen molar-refractivity contribution in [1.29, 1.82) is 0 Å². The zero-order chi connectivity index (χ0) is 13.1. The van der Waals surface area contributed by atoms with Crippen LogP contribution >= 0.6 is 11.6 Å². The molecule has 0 amide bonds. The van der Waals surface area contributed by atoms with E-state index >= 15 is 0 Å². The number of hydrogen-bond donors (Lipinski definition) is 2. The van der Waals surface area contributed by atoms with E-state index in [1.165, 1.54) is 6.07 Å². The minimum absolute atomic E-state index is 0.0863. The minimum Gasteiger partial charge on any atom is -0.399 e. The second kappa shape index (κ2) is 5.27. The molecule has 0 saturated heterocycles. The van der Waals surface area contributed by atoms with Crippen molar-refractivity contribution < 1.29 is 4.39 Å². The van der Waals surface area contributed by atoms with E-state index in [0.717, 1.165) is 5.56 Å². The third kappa shape index (κ3) is 2.74. The van der Waals surface area contributed by atoms with Crippen molar-refractivity contribution in [2.75, 3.05) is 11.1 Å². The molecule has 0 aliphatic heterocycles. The van der Waals surface area contributed by atoms with Gasteiger partial charge in [0.15, 0.2) is 0 Å². The molecule has 2 aromatic carbocycles. The molecule has 0 aliphatic rings. The lowest BCUT2D eigenvalue weighted by molar-refractivity contribution is 0.628. The van der Waals surface area contributed by atoms with E-state index in [4.69, 9.17) is 17.3 Å². The maximum absolute atomic E-state index is 13.7. The van der Waals surface area contributed by atoms with Gasteiger partial charge in [-0.1, -0.05) is 29.8 Å². The van der Waals surface area contributed by atoms with E-state index < -0.39 is 0 Å². The monoisotopic (exact) mass is 264 g/mol. The average Bonchev–Trinajstić information content (AvgIpc) is 2.33. The molecule has 0 heterocycles. The first-order valence-electron chi connectivity index (χ1n) is 5.64. The van der Waals surface area contributed by atoms with Crippen LogP contribution in [0.1, 0.15) is 18.5 Å². The van der Waals surface area contributed by atoms with Gasteiger partial charge >= 0.3 is 0 Å². The highest BCUT2D eigenvalue weighted by molar-refractivity contribution is 6.31. The Morgan fingerprint density at radius 2 is 1.94 bits per heavy atom. The lowest BCUT2D eigenvalue weighted by atomic mass is 10.1. The van der Waals surface area contributed by atoms with Crippen molar-refractivity contribution in [3.63, 3.8) is 0 Å². The molecule has 0 saturated carbocycles. The van der Waals surface area contributed by atoms with Crippen LogP contribution in [-0.4, -0.2) is 0 Å². The van der Waals surface area contributed by atoms with Crippen molar-refractivity contribution >= 4 is 23.0 Å². The van der Waals surface area contributed by atoms with Crippen LogP contribution < -0.4 is 11.1 Å². The number of benzene rings is 2. The molecule has 0 aliphatic carbocycles. The molecule has 0 spiro atoms. The number of nitrogens with one attached hydrogen (secondary N) is 1. The smallest absolute Gasteiger partial charge is 0.148 e.